The lowest BCUT2D eigenvalue weighted by atomic mass is 9.84. The fraction of sp³-hybridized carbons (Fsp3) is 0.386. The molecular formula is C83H90Cl2F4N12O25. The summed E-state index contributed by atoms with van der Waals surface area (Å²) in [5.74, 6) is -18.4. The Morgan fingerprint density at radius 2 is 1.33 bits per heavy atom. The first-order chi connectivity index (χ1) is 59.6. The van der Waals surface area contributed by atoms with Crippen molar-refractivity contribution < 1.29 is 140 Å². The van der Waals surface area contributed by atoms with Crippen molar-refractivity contribution in [2.24, 2.45) is 11.7 Å². The van der Waals surface area contributed by atoms with E-state index in [0.29, 0.717) is 17.7 Å². The minimum Gasteiger partial charge on any atom is -0.508 e. The number of ether oxygens (including phenoxy) is 6. The largest absolute Gasteiger partial charge is 0.508 e. The topological polar surface area (TPSA) is 570 Å². The first-order valence-corrected chi connectivity index (χ1v) is 40.0. The maximum atomic E-state index is 16.3. The summed E-state index contributed by atoms with van der Waals surface area (Å²) in [6, 6.07) is 6.83. The van der Waals surface area contributed by atoms with Crippen molar-refractivity contribution in [1.82, 2.24) is 53.4 Å². The van der Waals surface area contributed by atoms with Crippen molar-refractivity contribution in [1.29, 1.82) is 0 Å². The molecule has 7 aromatic rings. The quantitative estimate of drug-likeness (QED) is 0.0279. The van der Waals surface area contributed by atoms with Crippen molar-refractivity contribution in [3.05, 3.63) is 182 Å². The summed E-state index contributed by atoms with van der Waals surface area (Å²) in [6.07, 6.45) is -24.8. The highest BCUT2D eigenvalue weighted by Gasteiger charge is 2.53. The zero-order chi connectivity index (χ0) is 91.4. The van der Waals surface area contributed by atoms with Crippen LogP contribution in [0.25, 0.3) is 11.1 Å². The van der Waals surface area contributed by atoms with Crippen molar-refractivity contribution in [2.45, 2.75) is 169 Å². The molecule has 7 aromatic carbocycles. The molecule has 2 saturated heterocycles. The number of aliphatic hydroxyl groups excluding tert-OH is 7. The number of rotatable bonds is 21. The fourth-order valence-corrected chi connectivity index (χ4v) is 15.5. The Hall–Kier alpha value is -11.7. The minimum absolute atomic E-state index is 0.0356. The van der Waals surface area contributed by atoms with Gasteiger partial charge in [-0.1, -0.05) is 67.4 Å². The van der Waals surface area contributed by atoms with Gasteiger partial charge in [0.1, 0.15) is 101 Å². The molecule has 11 bridgehead atoms. The van der Waals surface area contributed by atoms with Crippen molar-refractivity contribution in [3.8, 4) is 57.1 Å². The number of amides is 9. The average molecular weight is 1800 g/mol. The van der Waals surface area contributed by atoms with E-state index < -0.39 is 283 Å². The second-order valence-electron chi connectivity index (χ2n) is 31.1. The number of nitrogens with two attached hydrogens (primary N) is 1. The standard InChI is InChI=1S/C83H90Cl2F4N12O25/c1-33(2)20-49(91-5)74(114)99-64-66(108)37-10-16-53(46(84)22-37)122-55-25-40-26-56(70(55)126-81-71(69(111)68(110)57(32-103)124-81)125-59-30-82(4,72(112)34(3)121-59)92-31-35-6-12-41(13-7-35)94-73(113)39-8-14-45(48(86)24-39)83(87,88)89)123-54-17-11-38(23-47(54)85)67(109)65-79(119)98-63(80(120)101-93-18-19-102)44-27-42(104)28-52(106)60(44)43-21-36(9-15-51(43)105)61(76(116)100-65)97-77(117)62(40)96-75(115)50(29-58(90)107)95-78(64)118/h6-17,21-28,33-34,49-50,57,59,61-69,71-72,81,91-93,102-106,108-112H,18-20,29-32H2,1-5H3,(H2,90,107)(H,94,113)(H,95,118)(H,96,115)(H,97,117)(H,98,119)(H,99,114)(H,100,116)(H,101,120)/t34-,49+,50-,57+,59-,61+,62+,63+,64+,65-,66+,67+,68+,69-,71+,72+,81?,82+/m0/s1. The Morgan fingerprint density at radius 1 is 0.698 bits per heavy atom. The lowest BCUT2D eigenvalue weighted by Crippen LogP contribution is -2.65. The number of carbonyl (C=O) groups excluding carboxylic acids is 9. The van der Waals surface area contributed by atoms with Crippen LogP contribution in [0, 0.1) is 11.7 Å². The van der Waals surface area contributed by atoms with Crippen LogP contribution in [0.3, 0.4) is 0 Å². The van der Waals surface area contributed by atoms with E-state index in [1.165, 1.54) is 32.2 Å². The Balaban J connectivity index is 1.00. The maximum absolute atomic E-state index is 16.3. The van der Waals surface area contributed by atoms with Gasteiger partial charge in [0.05, 0.1) is 53.5 Å². The number of phenols is 3. The highest BCUT2D eigenvalue weighted by atomic mass is 35.5. The highest BCUT2D eigenvalue weighted by molar-refractivity contribution is 6.32. The number of hydrogen-bond acceptors (Lipinski definition) is 28. The fourth-order valence-electron chi connectivity index (χ4n) is 15.0. The van der Waals surface area contributed by atoms with Gasteiger partial charge in [-0.05, 0) is 152 Å². The summed E-state index contributed by atoms with van der Waals surface area (Å²) in [4.78, 5) is 133. The summed E-state index contributed by atoms with van der Waals surface area (Å²) in [5.41, 5.74) is 4.96. The first kappa shape index (κ1) is 93.5. The number of anilines is 1. The molecule has 0 spiro atoms. The second kappa shape index (κ2) is 39.1. The molecule has 14 rings (SSSR count). The minimum atomic E-state index is -5.01. The number of fused-ring (bicyclic) bond motifs is 15. The molecule has 0 aromatic heterocycles. The predicted molar refractivity (Wildman–Crippen MR) is 433 cm³/mol. The lowest BCUT2D eigenvalue weighted by Gasteiger charge is -2.48. The summed E-state index contributed by atoms with van der Waals surface area (Å²) in [6.45, 7) is 4.76. The molecule has 43 heteroatoms. The van der Waals surface area contributed by atoms with Crippen LogP contribution >= 0.6 is 23.2 Å². The molecule has 7 aliphatic rings. The Kier molecular flexibility index (Phi) is 29.0. The number of phenolic OH excluding ortho intramolecular Hbond substituents is 3. The monoisotopic (exact) mass is 1800 g/mol. The summed E-state index contributed by atoms with van der Waals surface area (Å²) >= 11 is 14.3. The molecule has 9 amide bonds. The van der Waals surface area contributed by atoms with E-state index in [4.69, 9.17) is 57.4 Å². The molecule has 23 N–H and O–H groups in total. The highest BCUT2D eigenvalue weighted by Crippen LogP contribution is 2.50. The molecule has 0 radical (unpaired) electrons. The Morgan fingerprint density at radius 3 is 1.94 bits per heavy atom. The molecule has 1 unspecified atom stereocenters. The number of carbonyl (C=O) groups is 9. The van der Waals surface area contributed by atoms with Gasteiger partial charge < -0.3 is 133 Å². The number of alkyl halides is 3. The number of halogens is 6. The third kappa shape index (κ3) is 20.9. The van der Waals surface area contributed by atoms with E-state index in [-0.39, 0.29) is 54.2 Å². The number of hydrogen-bond donors (Lipinski definition) is 22. The van der Waals surface area contributed by atoms with Gasteiger partial charge in [-0.2, -0.15) is 13.2 Å². The van der Waals surface area contributed by atoms with Crippen LogP contribution < -0.4 is 78.6 Å². The molecule has 7 heterocycles. The zero-order valence-corrected chi connectivity index (χ0v) is 68.8. The van der Waals surface area contributed by atoms with Gasteiger partial charge in [-0.25, -0.2) is 9.82 Å². The average Bonchev–Trinajstić information content (AvgIpc) is 0.764. The van der Waals surface area contributed by atoms with Gasteiger partial charge in [0.2, 0.25) is 53.4 Å². The molecular weight excluding hydrogens is 1710 g/mol. The van der Waals surface area contributed by atoms with Gasteiger partial charge in [0, 0.05) is 53.5 Å². The van der Waals surface area contributed by atoms with Crippen LogP contribution in [0.2, 0.25) is 10.0 Å². The second-order valence-corrected chi connectivity index (χ2v) is 31.9. The van der Waals surface area contributed by atoms with Gasteiger partial charge in [-0.15, -0.1) is 0 Å². The number of aliphatic hydroxyl groups is 7. The van der Waals surface area contributed by atoms with Crippen LogP contribution in [0.5, 0.6) is 46.0 Å². The normalized spacial score (nSPS) is 26.0. The van der Waals surface area contributed by atoms with E-state index in [1.54, 1.807) is 32.9 Å². The van der Waals surface area contributed by atoms with Gasteiger partial charge in [0.25, 0.3) is 11.8 Å². The summed E-state index contributed by atoms with van der Waals surface area (Å²) in [5, 5.41) is 139. The van der Waals surface area contributed by atoms with E-state index >= 15 is 24.0 Å². The van der Waals surface area contributed by atoms with Crippen LogP contribution in [0.4, 0.5) is 23.2 Å². The molecule has 126 heavy (non-hydrogen) atoms. The number of hydrazine groups is 1. The molecule has 7 aliphatic heterocycles. The van der Waals surface area contributed by atoms with E-state index in [0.717, 1.165) is 78.9 Å². The lowest BCUT2D eigenvalue weighted by molar-refractivity contribution is -0.334. The van der Waals surface area contributed by atoms with Gasteiger partial charge in [0.15, 0.2) is 23.9 Å². The molecule has 37 nitrogen and oxygen atoms in total. The van der Waals surface area contributed by atoms with Gasteiger partial charge >= 0.3 is 6.18 Å². The third-order valence-corrected chi connectivity index (χ3v) is 22.2. The van der Waals surface area contributed by atoms with Crippen LogP contribution in [0.15, 0.2) is 121 Å². The number of likely N-dealkylation sites (N-methyl/N-ethyl adjacent to an activating group) is 1. The molecule has 674 valence electrons. The van der Waals surface area contributed by atoms with E-state index in [2.05, 4.69) is 58.7 Å². The summed E-state index contributed by atoms with van der Waals surface area (Å²) in [7, 11) is 1.45. The van der Waals surface area contributed by atoms with Crippen LogP contribution in [-0.2, 0) is 65.3 Å². The Bertz CT molecular complexity index is 5320. The smallest absolute Gasteiger partial charge is 0.419 e. The third-order valence-electron chi connectivity index (χ3n) is 21.6. The van der Waals surface area contributed by atoms with Crippen molar-refractivity contribution >= 4 is 82.1 Å². The predicted octanol–water partition coefficient (Wildman–Crippen LogP) is 2.88. The number of primary amides is 1. The zero-order valence-electron chi connectivity index (χ0n) is 67.3. The Labute approximate surface area is 723 Å². The number of nitrogens with one attached hydrogen (secondary N) is 11. The number of benzene rings is 7. The van der Waals surface area contributed by atoms with Gasteiger partial charge in [-0.3, -0.25) is 48.6 Å². The molecule has 18 atom stereocenters. The molecule has 0 aliphatic carbocycles. The number of aromatic hydroxyl groups is 3. The van der Waals surface area contributed by atoms with E-state index in [9.17, 15) is 87.8 Å². The van der Waals surface area contributed by atoms with Crippen LogP contribution in [0.1, 0.15) is 127 Å². The van der Waals surface area contributed by atoms with Crippen LogP contribution in [-0.4, -0.2) is 210 Å². The maximum Gasteiger partial charge on any atom is 0.419 e. The summed E-state index contributed by atoms with van der Waals surface area (Å²) < 4.78 is 93.6. The van der Waals surface area contributed by atoms with Crippen molar-refractivity contribution in [2.75, 3.05) is 32.1 Å². The van der Waals surface area contributed by atoms with Crippen molar-refractivity contribution in [3.63, 3.8) is 0 Å². The SMILES string of the molecule is CN[C@H](CC(C)C)C(=O)N[C@H]1C(=O)N[C@@H](CC(N)=O)C(=O)N[C@H]2C(=O)N[C@H]3C(=O)N[C@H](C(=O)N[C@@H](C(=O)NNCCO)c4cc(O)cc(O)c4-c4cc3ccc4O)[C@H](O)c3ccc(c(Cl)c3)Oc3cc2cc(c3OC2O[C@H](CO)[C@@H](O)[C@H](O)[C@H]2O[C@H]2C[C@@](C)(NCc3ccc(NC(=O)c4ccc(C(F)(F)F)c(F)c4)cc3)[C@H](O)[C@H](C)O2)Oc2ccc(cc2Cl)[C@H]1O. The molecule has 0 saturated carbocycles. The van der Waals surface area contributed by atoms with E-state index in [1.807, 2.05) is 0 Å². The molecule has 2 fully saturated rings. The first-order valence-electron chi connectivity index (χ1n) is 39.3.